The van der Waals surface area contributed by atoms with E-state index in [-0.39, 0.29) is 24.1 Å². The maximum Gasteiger partial charge on any atom is 0.266 e. The van der Waals surface area contributed by atoms with Gasteiger partial charge in [0.05, 0.1) is 7.11 Å². The van der Waals surface area contributed by atoms with Gasteiger partial charge in [0.15, 0.2) is 6.61 Å². The van der Waals surface area contributed by atoms with Crippen LogP contribution in [-0.4, -0.2) is 31.6 Å². The van der Waals surface area contributed by atoms with Crippen molar-refractivity contribution in [1.82, 2.24) is 5.32 Å². The quantitative estimate of drug-likeness (QED) is 0.530. The summed E-state index contributed by atoms with van der Waals surface area (Å²) < 4.78 is 10.5. The third kappa shape index (κ3) is 7.03. The lowest BCUT2D eigenvalue weighted by Crippen LogP contribution is -2.34. The van der Waals surface area contributed by atoms with Crippen LogP contribution < -0.4 is 20.1 Å². The molecule has 7 nitrogen and oxygen atoms in total. The highest BCUT2D eigenvalue weighted by atomic mass is 16.5. The lowest BCUT2D eigenvalue weighted by atomic mass is 10.1. The van der Waals surface area contributed by atoms with Gasteiger partial charge in [0, 0.05) is 17.8 Å². The highest BCUT2D eigenvalue weighted by Gasteiger charge is 2.10. The normalized spacial score (nSPS) is 10.8. The Kier molecular flexibility index (Phi) is 7.80. The molecule has 0 fully saturated rings. The third-order valence-electron chi connectivity index (χ3n) is 3.70. The summed E-state index contributed by atoms with van der Waals surface area (Å²) in [5.74, 6) is 0.389. The van der Waals surface area contributed by atoms with Crippen LogP contribution in [0.4, 0.5) is 5.69 Å². The van der Waals surface area contributed by atoms with Crippen LogP contribution in [0.3, 0.4) is 0 Å². The van der Waals surface area contributed by atoms with Gasteiger partial charge in [0.25, 0.3) is 11.8 Å². The minimum atomic E-state index is -0.522. The summed E-state index contributed by atoms with van der Waals surface area (Å²) in [6.45, 7) is 3.66. The average molecular weight is 393 g/mol. The van der Waals surface area contributed by atoms with Crippen LogP contribution in [0.1, 0.15) is 19.4 Å². The van der Waals surface area contributed by atoms with Crippen molar-refractivity contribution in [3.8, 4) is 17.6 Å². The highest BCUT2D eigenvalue weighted by molar-refractivity contribution is 6.09. The minimum Gasteiger partial charge on any atom is -0.497 e. The first-order chi connectivity index (χ1) is 13.9. The number of anilines is 1. The van der Waals surface area contributed by atoms with Gasteiger partial charge in [-0.3, -0.25) is 9.59 Å². The molecular weight excluding hydrogens is 370 g/mol. The van der Waals surface area contributed by atoms with Gasteiger partial charge in [-0.2, -0.15) is 5.26 Å². The molecule has 2 aromatic rings. The molecule has 0 saturated heterocycles. The van der Waals surface area contributed by atoms with E-state index in [2.05, 4.69) is 10.6 Å². The first-order valence-electron chi connectivity index (χ1n) is 9.00. The van der Waals surface area contributed by atoms with Crippen molar-refractivity contribution in [3.05, 3.63) is 59.7 Å². The van der Waals surface area contributed by atoms with Crippen LogP contribution >= 0.6 is 0 Å². The van der Waals surface area contributed by atoms with Crippen LogP contribution in [0, 0.1) is 11.3 Å². The van der Waals surface area contributed by atoms with Crippen LogP contribution in [0.2, 0.25) is 0 Å². The summed E-state index contributed by atoms with van der Waals surface area (Å²) in [6.07, 6.45) is 1.48. The van der Waals surface area contributed by atoms with Gasteiger partial charge in [-0.05, 0) is 49.8 Å². The number of benzene rings is 2. The third-order valence-corrected chi connectivity index (χ3v) is 3.70. The Morgan fingerprint density at radius 3 is 2.48 bits per heavy atom. The molecule has 150 valence electrons. The number of nitrogens with one attached hydrogen (secondary N) is 2. The van der Waals surface area contributed by atoms with Gasteiger partial charge in [-0.25, -0.2) is 0 Å². The zero-order valence-corrected chi connectivity index (χ0v) is 16.6. The topological polar surface area (TPSA) is 100 Å². The Morgan fingerprint density at radius 1 is 1.14 bits per heavy atom. The molecule has 0 aliphatic heterocycles. The van der Waals surface area contributed by atoms with Gasteiger partial charge in [0.1, 0.15) is 23.1 Å². The number of nitrogens with zero attached hydrogens (tertiary/aromatic N) is 1. The number of methoxy groups -OCH3 is 1. The maximum absolute atomic E-state index is 12.4. The lowest BCUT2D eigenvalue weighted by molar-refractivity contribution is -0.123. The van der Waals surface area contributed by atoms with E-state index in [4.69, 9.17) is 9.47 Å². The number of rotatable bonds is 8. The number of hydrogen-bond acceptors (Lipinski definition) is 5. The van der Waals surface area contributed by atoms with Crippen molar-refractivity contribution in [2.45, 2.75) is 19.9 Å². The first kappa shape index (κ1) is 21.5. The highest BCUT2D eigenvalue weighted by Crippen LogP contribution is 2.18. The number of carbonyl (C=O) groups excluding carboxylic acids is 2. The Morgan fingerprint density at radius 2 is 1.86 bits per heavy atom. The first-order valence-corrected chi connectivity index (χ1v) is 9.00. The van der Waals surface area contributed by atoms with E-state index < -0.39 is 5.91 Å². The van der Waals surface area contributed by atoms with E-state index in [0.29, 0.717) is 22.7 Å². The molecule has 0 radical (unpaired) electrons. The fourth-order valence-electron chi connectivity index (χ4n) is 2.39. The fraction of sp³-hybridized carbons (Fsp3) is 0.227. The molecule has 0 spiro atoms. The molecule has 2 amide bonds. The van der Waals surface area contributed by atoms with Crippen LogP contribution in [0.25, 0.3) is 6.08 Å². The Hall–Kier alpha value is -3.79. The molecular formula is C22H23N3O4. The number of nitriles is 1. The van der Waals surface area contributed by atoms with E-state index in [9.17, 15) is 14.9 Å². The standard InChI is InChI=1S/C22H23N3O4/c1-15(2)24-21(26)14-29-19-9-7-16(8-10-19)11-17(13-23)22(27)25-18-5-4-6-20(12-18)28-3/h4-12,15H,14H2,1-3H3,(H,24,26)(H,25,27)/b17-11+. The van der Waals surface area contributed by atoms with Gasteiger partial charge in [0.2, 0.25) is 0 Å². The summed E-state index contributed by atoms with van der Waals surface area (Å²) >= 11 is 0. The molecule has 0 aliphatic carbocycles. The predicted octanol–water partition coefficient (Wildman–Crippen LogP) is 3.14. The van der Waals surface area contributed by atoms with E-state index in [1.807, 2.05) is 19.9 Å². The largest absolute Gasteiger partial charge is 0.497 e. The second kappa shape index (κ2) is 10.5. The number of ether oxygens (including phenoxy) is 2. The molecule has 0 heterocycles. The summed E-state index contributed by atoms with van der Waals surface area (Å²) in [7, 11) is 1.53. The second-order valence-electron chi connectivity index (χ2n) is 6.44. The predicted molar refractivity (Wildman–Crippen MR) is 110 cm³/mol. The summed E-state index contributed by atoms with van der Waals surface area (Å²) in [4.78, 5) is 24.0. The van der Waals surface area contributed by atoms with E-state index in [1.54, 1.807) is 48.5 Å². The van der Waals surface area contributed by atoms with Crippen molar-refractivity contribution in [2.24, 2.45) is 0 Å². The minimum absolute atomic E-state index is 0.0437. The summed E-state index contributed by atoms with van der Waals surface area (Å²) in [6, 6.07) is 15.6. The molecule has 0 aliphatic rings. The van der Waals surface area contributed by atoms with Crippen molar-refractivity contribution >= 4 is 23.6 Å². The molecule has 29 heavy (non-hydrogen) atoms. The van der Waals surface area contributed by atoms with Gasteiger partial charge >= 0.3 is 0 Å². The Bertz CT molecular complexity index is 928. The molecule has 0 saturated carbocycles. The molecule has 0 aromatic heterocycles. The SMILES string of the molecule is COc1cccc(NC(=O)/C(C#N)=C/c2ccc(OCC(=O)NC(C)C)cc2)c1. The molecule has 0 unspecified atom stereocenters. The maximum atomic E-state index is 12.4. The molecule has 7 heteroatoms. The van der Waals surface area contributed by atoms with Gasteiger partial charge in [-0.1, -0.05) is 18.2 Å². The smallest absolute Gasteiger partial charge is 0.266 e. The second-order valence-corrected chi connectivity index (χ2v) is 6.44. The average Bonchev–Trinajstić information content (AvgIpc) is 2.70. The molecule has 2 N–H and O–H groups in total. The van der Waals surface area contributed by atoms with Crippen LogP contribution in [0.5, 0.6) is 11.5 Å². The molecule has 2 aromatic carbocycles. The van der Waals surface area contributed by atoms with Crippen molar-refractivity contribution < 1.29 is 19.1 Å². The van der Waals surface area contributed by atoms with Crippen LogP contribution in [0.15, 0.2) is 54.1 Å². The summed E-state index contributed by atoms with van der Waals surface area (Å²) in [5, 5.41) is 14.7. The summed E-state index contributed by atoms with van der Waals surface area (Å²) in [5.41, 5.74) is 1.14. The van der Waals surface area contributed by atoms with Crippen LogP contribution in [-0.2, 0) is 9.59 Å². The molecule has 2 rings (SSSR count). The number of carbonyl (C=O) groups is 2. The van der Waals surface area contributed by atoms with Crippen molar-refractivity contribution in [1.29, 1.82) is 5.26 Å². The van der Waals surface area contributed by atoms with E-state index in [0.717, 1.165) is 0 Å². The molecule has 0 atom stereocenters. The zero-order valence-electron chi connectivity index (χ0n) is 16.6. The zero-order chi connectivity index (χ0) is 21.2. The van der Waals surface area contributed by atoms with Crippen molar-refractivity contribution in [2.75, 3.05) is 19.0 Å². The number of amides is 2. The lowest BCUT2D eigenvalue weighted by Gasteiger charge is -2.10. The van der Waals surface area contributed by atoms with E-state index in [1.165, 1.54) is 13.2 Å². The van der Waals surface area contributed by atoms with Crippen molar-refractivity contribution in [3.63, 3.8) is 0 Å². The molecule has 0 bridgehead atoms. The number of hydrogen-bond donors (Lipinski definition) is 2. The van der Waals surface area contributed by atoms with Gasteiger partial charge < -0.3 is 20.1 Å². The fourth-order valence-corrected chi connectivity index (χ4v) is 2.39. The monoisotopic (exact) mass is 393 g/mol. The van der Waals surface area contributed by atoms with Gasteiger partial charge in [-0.15, -0.1) is 0 Å². The Labute approximate surface area is 169 Å². The Balaban J connectivity index is 2.01. The van der Waals surface area contributed by atoms with E-state index >= 15 is 0 Å².